The molecule has 2 aromatic rings. The van der Waals surface area contributed by atoms with Crippen molar-refractivity contribution in [2.24, 2.45) is 23.5 Å². The molecule has 1 aromatic carbocycles. The first-order chi connectivity index (χ1) is 15.0. The standard InChI is InChI=1S/C22H25N7O2/c1-27-12-16(11-26-27)14-3-4-18(19(9-14)30-2)29-20-15(10-25-22(29)24)5-7-28(21(20)23)13-17-6-8-31-17/h3-5,7,9-12,17H,6,8,13,23H2,1-2H3,(H2,24,25). The van der Waals surface area contributed by atoms with Crippen LogP contribution < -0.4 is 21.1 Å². The van der Waals surface area contributed by atoms with E-state index in [1.807, 2.05) is 59.7 Å². The van der Waals surface area contributed by atoms with Gasteiger partial charge in [-0.2, -0.15) is 5.10 Å². The minimum atomic E-state index is 0.186. The van der Waals surface area contributed by atoms with Gasteiger partial charge in [0, 0.05) is 43.4 Å². The van der Waals surface area contributed by atoms with E-state index >= 15 is 0 Å². The summed E-state index contributed by atoms with van der Waals surface area (Å²) in [6.07, 6.45) is 10.7. The molecule has 0 amide bonds. The third kappa shape index (κ3) is 3.32. The van der Waals surface area contributed by atoms with E-state index in [9.17, 15) is 0 Å². The highest BCUT2D eigenvalue weighted by Crippen LogP contribution is 2.39. The van der Waals surface area contributed by atoms with Gasteiger partial charge in [0.15, 0.2) is 0 Å². The number of hydrogen-bond acceptors (Lipinski definition) is 8. The van der Waals surface area contributed by atoms with Crippen LogP contribution in [0.2, 0.25) is 0 Å². The van der Waals surface area contributed by atoms with Gasteiger partial charge in [0.05, 0.1) is 37.3 Å². The van der Waals surface area contributed by atoms with Gasteiger partial charge in [-0.25, -0.2) is 4.99 Å². The molecule has 0 saturated carbocycles. The molecule has 1 saturated heterocycles. The van der Waals surface area contributed by atoms with Gasteiger partial charge in [0.25, 0.3) is 0 Å². The monoisotopic (exact) mass is 419 g/mol. The van der Waals surface area contributed by atoms with Crippen molar-refractivity contribution in [2.75, 3.05) is 25.2 Å². The van der Waals surface area contributed by atoms with Crippen LogP contribution in [0.25, 0.3) is 11.1 Å². The van der Waals surface area contributed by atoms with E-state index in [1.165, 1.54) is 0 Å². The van der Waals surface area contributed by atoms with E-state index in [-0.39, 0.29) is 6.10 Å². The molecule has 3 aliphatic heterocycles. The smallest absolute Gasteiger partial charge is 0.205 e. The van der Waals surface area contributed by atoms with Crippen LogP contribution in [0.4, 0.5) is 5.69 Å². The molecule has 1 unspecified atom stereocenters. The molecule has 1 aromatic heterocycles. The minimum Gasteiger partial charge on any atom is -0.495 e. The summed E-state index contributed by atoms with van der Waals surface area (Å²) in [7, 11) is 3.53. The second-order valence-electron chi connectivity index (χ2n) is 7.68. The number of nitrogens with two attached hydrogens (primary N) is 2. The molecule has 0 spiro atoms. The minimum absolute atomic E-state index is 0.186. The van der Waals surface area contributed by atoms with E-state index in [1.54, 1.807) is 18.0 Å². The van der Waals surface area contributed by atoms with Crippen molar-refractivity contribution in [3.63, 3.8) is 0 Å². The van der Waals surface area contributed by atoms with Crippen molar-refractivity contribution in [1.82, 2.24) is 14.7 Å². The lowest BCUT2D eigenvalue weighted by molar-refractivity contribution is -0.0584. The van der Waals surface area contributed by atoms with Crippen LogP contribution in [-0.2, 0) is 11.8 Å². The molecule has 160 valence electrons. The molecule has 1 fully saturated rings. The Morgan fingerprint density at radius 3 is 2.77 bits per heavy atom. The van der Waals surface area contributed by atoms with Gasteiger partial charge in [-0.1, -0.05) is 6.07 Å². The number of ether oxygens (including phenoxy) is 2. The molecule has 0 bridgehead atoms. The Morgan fingerprint density at radius 1 is 1.26 bits per heavy atom. The summed E-state index contributed by atoms with van der Waals surface area (Å²) in [6.45, 7) is 1.50. The molecule has 4 N–H and O–H groups in total. The third-order valence-corrected chi connectivity index (χ3v) is 5.70. The largest absolute Gasteiger partial charge is 0.495 e. The van der Waals surface area contributed by atoms with Crippen LogP contribution in [0.5, 0.6) is 5.75 Å². The fourth-order valence-corrected chi connectivity index (χ4v) is 3.93. The Kier molecular flexibility index (Phi) is 4.67. The van der Waals surface area contributed by atoms with E-state index in [4.69, 9.17) is 20.9 Å². The van der Waals surface area contributed by atoms with Gasteiger partial charge in [0.1, 0.15) is 11.6 Å². The van der Waals surface area contributed by atoms with Crippen molar-refractivity contribution in [1.29, 1.82) is 0 Å². The summed E-state index contributed by atoms with van der Waals surface area (Å²) in [5.74, 6) is 1.58. The highest BCUT2D eigenvalue weighted by Gasteiger charge is 2.32. The van der Waals surface area contributed by atoms with Crippen molar-refractivity contribution in [3.05, 3.63) is 66.2 Å². The topological polar surface area (TPSA) is 107 Å². The summed E-state index contributed by atoms with van der Waals surface area (Å²) in [5.41, 5.74) is 17.4. The number of rotatable bonds is 5. The summed E-state index contributed by atoms with van der Waals surface area (Å²) in [4.78, 5) is 8.22. The number of aromatic nitrogens is 2. The lowest BCUT2D eigenvalue weighted by Gasteiger charge is -2.38. The van der Waals surface area contributed by atoms with E-state index in [0.717, 1.165) is 41.1 Å². The maximum atomic E-state index is 6.62. The predicted molar refractivity (Wildman–Crippen MR) is 119 cm³/mol. The number of methoxy groups -OCH3 is 1. The van der Waals surface area contributed by atoms with Crippen LogP contribution in [-0.4, -0.2) is 47.0 Å². The van der Waals surface area contributed by atoms with Crippen molar-refractivity contribution in [2.45, 2.75) is 12.5 Å². The zero-order chi connectivity index (χ0) is 21.5. The van der Waals surface area contributed by atoms with Crippen LogP contribution in [0.15, 0.2) is 71.2 Å². The number of hydrogen-bond donors (Lipinski definition) is 2. The third-order valence-electron chi connectivity index (χ3n) is 5.70. The van der Waals surface area contributed by atoms with Gasteiger partial charge in [0.2, 0.25) is 5.96 Å². The first kappa shape index (κ1) is 19.3. The summed E-state index contributed by atoms with van der Waals surface area (Å²) in [6, 6.07) is 5.94. The van der Waals surface area contributed by atoms with Gasteiger partial charge in [-0.05, 0) is 30.2 Å². The number of aryl methyl sites for hydroxylation is 1. The fraction of sp³-hybridized carbons (Fsp3) is 0.273. The summed E-state index contributed by atoms with van der Waals surface area (Å²) in [5, 5.41) is 4.25. The molecular weight excluding hydrogens is 394 g/mol. The van der Waals surface area contributed by atoms with Crippen molar-refractivity contribution < 1.29 is 9.47 Å². The van der Waals surface area contributed by atoms with E-state index in [0.29, 0.717) is 24.1 Å². The highest BCUT2D eigenvalue weighted by molar-refractivity contribution is 6.02. The van der Waals surface area contributed by atoms with Crippen LogP contribution in [0, 0.1) is 0 Å². The maximum absolute atomic E-state index is 6.62. The number of aliphatic imine (C=N–C) groups is 1. The first-order valence-electron chi connectivity index (χ1n) is 10.1. The normalized spacial score (nSPS) is 20.3. The zero-order valence-electron chi connectivity index (χ0n) is 17.5. The van der Waals surface area contributed by atoms with Crippen molar-refractivity contribution in [3.8, 4) is 16.9 Å². The lowest BCUT2D eigenvalue weighted by Crippen LogP contribution is -2.45. The fourth-order valence-electron chi connectivity index (χ4n) is 3.93. The zero-order valence-corrected chi connectivity index (χ0v) is 17.5. The molecular formula is C22H25N7O2. The quantitative estimate of drug-likeness (QED) is 0.762. The second kappa shape index (κ2) is 7.51. The van der Waals surface area contributed by atoms with Crippen LogP contribution in [0.3, 0.4) is 0 Å². The Labute approximate surface area is 180 Å². The lowest BCUT2D eigenvalue weighted by atomic mass is 10.0. The number of guanidine groups is 1. The molecule has 9 nitrogen and oxygen atoms in total. The second-order valence-corrected chi connectivity index (χ2v) is 7.68. The molecule has 5 rings (SSSR count). The number of allylic oxidation sites excluding steroid dienone is 1. The number of fused-ring (bicyclic) bond motifs is 1. The number of anilines is 1. The Balaban J connectivity index is 1.55. The average Bonchev–Trinajstić information content (AvgIpc) is 3.18. The van der Waals surface area contributed by atoms with Gasteiger partial charge < -0.3 is 25.8 Å². The SMILES string of the molecule is COc1cc(-c2cnn(C)c2)ccc1N1C(N)=NC=C2C=CN(CC3CCO3)C(N)=C21. The Morgan fingerprint density at radius 2 is 2.10 bits per heavy atom. The molecule has 1 atom stereocenters. The molecule has 9 heteroatoms. The Hall–Kier alpha value is -3.72. The first-order valence-corrected chi connectivity index (χ1v) is 10.1. The molecule has 31 heavy (non-hydrogen) atoms. The van der Waals surface area contributed by atoms with Gasteiger partial charge in [-0.3, -0.25) is 9.58 Å². The Bertz CT molecular complexity index is 1140. The summed E-state index contributed by atoms with van der Waals surface area (Å²) < 4.78 is 13.1. The van der Waals surface area contributed by atoms with Gasteiger partial charge in [-0.15, -0.1) is 0 Å². The number of nitrogens with zero attached hydrogens (tertiary/aromatic N) is 5. The molecule has 3 aliphatic rings. The number of benzene rings is 1. The van der Waals surface area contributed by atoms with Crippen molar-refractivity contribution >= 4 is 11.6 Å². The van der Waals surface area contributed by atoms with Crippen LogP contribution >= 0.6 is 0 Å². The molecule has 4 heterocycles. The highest BCUT2D eigenvalue weighted by atomic mass is 16.5. The predicted octanol–water partition coefficient (Wildman–Crippen LogP) is 1.86. The van der Waals surface area contributed by atoms with Crippen LogP contribution in [0.1, 0.15) is 6.42 Å². The maximum Gasteiger partial charge on any atom is 0.205 e. The average molecular weight is 419 g/mol. The van der Waals surface area contributed by atoms with Gasteiger partial charge >= 0.3 is 0 Å². The molecule has 0 radical (unpaired) electrons. The van der Waals surface area contributed by atoms with E-state index < -0.39 is 0 Å². The summed E-state index contributed by atoms with van der Waals surface area (Å²) >= 11 is 0. The van der Waals surface area contributed by atoms with E-state index in [2.05, 4.69) is 10.1 Å². The molecule has 0 aliphatic carbocycles.